The van der Waals surface area contributed by atoms with Crippen LogP contribution in [-0.4, -0.2) is 36.9 Å². The summed E-state index contributed by atoms with van der Waals surface area (Å²) < 4.78 is 0. The summed E-state index contributed by atoms with van der Waals surface area (Å²) in [5, 5.41) is 8.30. The molecule has 0 atom stereocenters. The highest BCUT2D eigenvalue weighted by Gasteiger charge is 2.08. The molecule has 6 nitrogen and oxygen atoms in total. The number of hydrogen-bond acceptors (Lipinski definition) is 4. The molecule has 3 N–H and O–H groups in total. The van der Waals surface area contributed by atoms with Crippen LogP contribution in [0.2, 0.25) is 5.15 Å². The van der Waals surface area contributed by atoms with Gasteiger partial charge in [-0.2, -0.15) is 0 Å². The Morgan fingerprint density at radius 3 is 2.56 bits per heavy atom. The summed E-state index contributed by atoms with van der Waals surface area (Å²) in [5.74, 6) is 0.129. The van der Waals surface area contributed by atoms with Crippen molar-refractivity contribution in [3.63, 3.8) is 0 Å². The molecule has 98 valence electrons. The highest BCUT2D eigenvalue weighted by molar-refractivity contribution is 6.29. The second kappa shape index (κ2) is 6.80. The van der Waals surface area contributed by atoms with Crippen LogP contribution < -0.4 is 16.0 Å². The third-order valence-electron chi connectivity index (χ3n) is 2.10. The Kier molecular flexibility index (Phi) is 5.38. The summed E-state index contributed by atoms with van der Waals surface area (Å²) >= 11 is 5.79. The van der Waals surface area contributed by atoms with Gasteiger partial charge >= 0.3 is 0 Å². The minimum Gasteiger partial charge on any atom is -0.373 e. The SMILES string of the molecule is CNc1cc(C(=O)NCCNC(C)=O)cc(Cl)n1. The Labute approximate surface area is 110 Å². The van der Waals surface area contributed by atoms with Crippen LogP contribution in [0.25, 0.3) is 0 Å². The van der Waals surface area contributed by atoms with E-state index in [1.165, 1.54) is 13.0 Å². The van der Waals surface area contributed by atoms with Crippen molar-refractivity contribution in [2.75, 3.05) is 25.5 Å². The number of pyridine rings is 1. The Bertz CT molecular complexity index is 451. The van der Waals surface area contributed by atoms with Crippen LogP contribution in [0.1, 0.15) is 17.3 Å². The Morgan fingerprint density at radius 1 is 1.28 bits per heavy atom. The van der Waals surface area contributed by atoms with Crippen molar-refractivity contribution >= 4 is 29.2 Å². The number of anilines is 1. The zero-order valence-electron chi connectivity index (χ0n) is 10.2. The van der Waals surface area contributed by atoms with E-state index in [0.717, 1.165) is 0 Å². The van der Waals surface area contributed by atoms with Gasteiger partial charge in [0.1, 0.15) is 11.0 Å². The molecule has 0 aromatic carbocycles. The molecule has 0 bridgehead atoms. The zero-order chi connectivity index (χ0) is 13.5. The van der Waals surface area contributed by atoms with E-state index < -0.39 is 0 Å². The lowest BCUT2D eigenvalue weighted by atomic mass is 10.2. The summed E-state index contributed by atoms with van der Waals surface area (Å²) in [6, 6.07) is 3.08. The summed E-state index contributed by atoms with van der Waals surface area (Å²) in [6.07, 6.45) is 0. The maximum absolute atomic E-state index is 11.8. The first kappa shape index (κ1) is 14.2. The van der Waals surface area contributed by atoms with Gasteiger partial charge in [-0.1, -0.05) is 11.6 Å². The fourth-order valence-corrected chi connectivity index (χ4v) is 1.48. The standard InChI is InChI=1S/C11H15ClN4O2/c1-7(17)14-3-4-15-11(18)8-5-9(12)16-10(6-8)13-2/h5-6H,3-4H2,1-2H3,(H,13,16)(H,14,17)(H,15,18). The molecule has 0 aliphatic carbocycles. The normalized spacial score (nSPS) is 9.72. The third kappa shape index (κ3) is 4.58. The van der Waals surface area contributed by atoms with E-state index in [9.17, 15) is 9.59 Å². The number of aromatic nitrogens is 1. The van der Waals surface area contributed by atoms with Crippen molar-refractivity contribution in [1.29, 1.82) is 0 Å². The lowest BCUT2D eigenvalue weighted by molar-refractivity contribution is -0.118. The molecule has 0 saturated carbocycles. The van der Waals surface area contributed by atoms with Crippen LogP contribution in [0, 0.1) is 0 Å². The Balaban J connectivity index is 2.55. The molecule has 2 amide bonds. The number of rotatable bonds is 5. The van der Waals surface area contributed by atoms with Gasteiger partial charge in [-0.15, -0.1) is 0 Å². The van der Waals surface area contributed by atoms with E-state index >= 15 is 0 Å². The van der Waals surface area contributed by atoms with Crippen LogP contribution in [0.5, 0.6) is 0 Å². The Morgan fingerprint density at radius 2 is 1.94 bits per heavy atom. The van der Waals surface area contributed by atoms with Gasteiger partial charge in [0.05, 0.1) is 0 Å². The van der Waals surface area contributed by atoms with Crippen LogP contribution in [0.3, 0.4) is 0 Å². The topological polar surface area (TPSA) is 83.1 Å². The van der Waals surface area contributed by atoms with Gasteiger partial charge in [0.15, 0.2) is 0 Å². The first-order chi connectivity index (χ1) is 8.52. The van der Waals surface area contributed by atoms with Gasteiger partial charge in [0, 0.05) is 32.6 Å². The molecular formula is C11H15ClN4O2. The second-order valence-electron chi connectivity index (χ2n) is 3.55. The summed E-state index contributed by atoms with van der Waals surface area (Å²) in [7, 11) is 1.69. The molecule has 1 rings (SSSR count). The van der Waals surface area contributed by atoms with E-state index in [2.05, 4.69) is 20.9 Å². The largest absolute Gasteiger partial charge is 0.373 e. The molecule has 18 heavy (non-hydrogen) atoms. The van der Waals surface area contributed by atoms with Crippen molar-refractivity contribution in [3.05, 3.63) is 22.8 Å². The van der Waals surface area contributed by atoms with Crippen molar-refractivity contribution in [2.24, 2.45) is 0 Å². The van der Waals surface area contributed by atoms with Crippen LogP contribution >= 0.6 is 11.6 Å². The van der Waals surface area contributed by atoms with Crippen molar-refractivity contribution in [1.82, 2.24) is 15.6 Å². The minimum absolute atomic E-state index is 0.131. The summed E-state index contributed by atoms with van der Waals surface area (Å²) in [6.45, 7) is 2.16. The molecule has 1 heterocycles. The second-order valence-corrected chi connectivity index (χ2v) is 3.94. The van der Waals surface area contributed by atoms with Crippen LogP contribution in [0.4, 0.5) is 5.82 Å². The average molecular weight is 271 g/mol. The number of halogens is 1. The monoisotopic (exact) mass is 270 g/mol. The number of hydrogen-bond donors (Lipinski definition) is 3. The molecule has 0 unspecified atom stereocenters. The average Bonchev–Trinajstić information content (AvgIpc) is 2.33. The number of carbonyl (C=O) groups excluding carboxylic acids is 2. The molecule has 0 saturated heterocycles. The summed E-state index contributed by atoms with van der Waals surface area (Å²) in [4.78, 5) is 26.4. The van der Waals surface area contributed by atoms with E-state index in [1.807, 2.05) is 0 Å². The molecule has 0 fully saturated rings. The predicted molar refractivity (Wildman–Crippen MR) is 69.8 cm³/mol. The van der Waals surface area contributed by atoms with E-state index in [1.54, 1.807) is 13.1 Å². The predicted octanol–water partition coefficient (Wildman–Crippen LogP) is 0.643. The molecule has 0 aliphatic rings. The number of nitrogens with zero attached hydrogens (tertiary/aromatic N) is 1. The molecular weight excluding hydrogens is 256 g/mol. The van der Waals surface area contributed by atoms with Gasteiger partial charge < -0.3 is 16.0 Å². The minimum atomic E-state index is -0.263. The number of nitrogens with one attached hydrogen (secondary N) is 3. The molecule has 0 spiro atoms. The van der Waals surface area contributed by atoms with Gasteiger partial charge in [0.25, 0.3) is 5.91 Å². The van der Waals surface area contributed by atoms with Crippen LogP contribution in [0.15, 0.2) is 12.1 Å². The highest BCUT2D eigenvalue weighted by Crippen LogP contribution is 2.13. The lowest BCUT2D eigenvalue weighted by Gasteiger charge is -2.07. The number of amides is 2. The number of carbonyl (C=O) groups is 2. The third-order valence-corrected chi connectivity index (χ3v) is 2.29. The quantitative estimate of drug-likeness (QED) is 0.542. The van der Waals surface area contributed by atoms with Crippen molar-refractivity contribution < 1.29 is 9.59 Å². The van der Waals surface area contributed by atoms with Gasteiger partial charge in [-0.3, -0.25) is 9.59 Å². The molecule has 7 heteroatoms. The van der Waals surface area contributed by atoms with E-state index in [0.29, 0.717) is 24.5 Å². The maximum atomic E-state index is 11.8. The van der Waals surface area contributed by atoms with Crippen molar-refractivity contribution in [2.45, 2.75) is 6.92 Å². The smallest absolute Gasteiger partial charge is 0.251 e. The Hall–Kier alpha value is -1.82. The molecule has 0 radical (unpaired) electrons. The van der Waals surface area contributed by atoms with Crippen LogP contribution in [-0.2, 0) is 4.79 Å². The van der Waals surface area contributed by atoms with Crippen molar-refractivity contribution in [3.8, 4) is 0 Å². The maximum Gasteiger partial charge on any atom is 0.251 e. The van der Waals surface area contributed by atoms with Gasteiger partial charge in [-0.05, 0) is 12.1 Å². The fourth-order valence-electron chi connectivity index (χ4n) is 1.27. The molecule has 1 aromatic rings. The first-order valence-electron chi connectivity index (χ1n) is 5.41. The molecule has 0 aliphatic heterocycles. The zero-order valence-corrected chi connectivity index (χ0v) is 11.0. The van der Waals surface area contributed by atoms with E-state index in [-0.39, 0.29) is 17.0 Å². The summed E-state index contributed by atoms with van der Waals surface area (Å²) in [5.41, 5.74) is 0.419. The first-order valence-corrected chi connectivity index (χ1v) is 5.78. The fraction of sp³-hybridized carbons (Fsp3) is 0.364. The highest BCUT2D eigenvalue weighted by atomic mass is 35.5. The lowest BCUT2D eigenvalue weighted by Crippen LogP contribution is -2.33. The van der Waals surface area contributed by atoms with Gasteiger partial charge in [-0.25, -0.2) is 4.98 Å². The van der Waals surface area contributed by atoms with Gasteiger partial charge in [0.2, 0.25) is 5.91 Å². The molecule has 1 aromatic heterocycles. The van der Waals surface area contributed by atoms with E-state index in [4.69, 9.17) is 11.6 Å².